The second-order valence-electron chi connectivity index (χ2n) is 3.90. The fourth-order valence-electron chi connectivity index (χ4n) is 1.64. The Kier molecular flexibility index (Phi) is 2.79. The number of nitrogens with one attached hydrogen (secondary N) is 1. The number of carbonyl (C=O) groups is 2. The van der Waals surface area contributed by atoms with Gasteiger partial charge in [-0.25, -0.2) is 13.6 Å². The molecule has 1 aromatic carbocycles. The third-order valence-electron chi connectivity index (χ3n) is 2.58. The number of carbonyl (C=O) groups excluding carboxylic acids is 2. The van der Waals surface area contributed by atoms with Gasteiger partial charge in [-0.3, -0.25) is 15.0 Å². The van der Waals surface area contributed by atoms with Crippen LogP contribution in [0.2, 0.25) is 0 Å². The molecular weight excluding hydrogens is 230 g/mol. The van der Waals surface area contributed by atoms with Crippen molar-refractivity contribution in [2.24, 2.45) is 5.92 Å². The van der Waals surface area contributed by atoms with Gasteiger partial charge in [0.1, 0.15) is 11.6 Å². The quantitative estimate of drug-likeness (QED) is 0.811. The molecule has 1 fully saturated rings. The molecule has 1 saturated heterocycles. The summed E-state index contributed by atoms with van der Waals surface area (Å²) in [5.41, 5.74) is -0.165. The molecule has 1 aromatic rings. The molecule has 0 radical (unpaired) electrons. The summed E-state index contributed by atoms with van der Waals surface area (Å²) in [6, 6.07) is 2.10. The molecule has 0 aliphatic carbocycles. The lowest BCUT2D eigenvalue weighted by molar-refractivity contribution is -0.123. The minimum absolute atomic E-state index is 0.0328. The number of hydrogen-bond donors (Lipinski definition) is 1. The zero-order valence-electron chi connectivity index (χ0n) is 9.04. The average molecular weight is 240 g/mol. The van der Waals surface area contributed by atoms with Crippen molar-refractivity contribution in [2.75, 3.05) is 11.4 Å². The van der Waals surface area contributed by atoms with Crippen LogP contribution in [0.25, 0.3) is 0 Å². The van der Waals surface area contributed by atoms with Crippen molar-refractivity contribution in [2.45, 2.75) is 6.92 Å². The van der Waals surface area contributed by atoms with Crippen molar-refractivity contribution in [1.29, 1.82) is 0 Å². The Labute approximate surface area is 96.2 Å². The molecule has 1 heterocycles. The summed E-state index contributed by atoms with van der Waals surface area (Å²) >= 11 is 0. The van der Waals surface area contributed by atoms with Gasteiger partial charge in [-0.05, 0) is 12.1 Å². The van der Waals surface area contributed by atoms with Crippen LogP contribution in [0.15, 0.2) is 18.2 Å². The first-order valence-corrected chi connectivity index (χ1v) is 5.06. The number of benzene rings is 1. The van der Waals surface area contributed by atoms with Gasteiger partial charge in [0.15, 0.2) is 0 Å². The largest absolute Gasteiger partial charge is 0.328 e. The van der Waals surface area contributed by atoms with Crippen molar-refractivity contribution < 1.29 is 18.4 Å². The Bertz CT molecular complexity index is 490. The number of amides is 3. The van der Waals surface area contributed by atoms with Crippen molar-refractivity contribution in [3.63, 3.8) is 0 Å². The minimum atomic E-state index is -0.738. The SMILES string of the molecule is CC1CN(c2cc(F)ccc2F)C(=O)NC1=O. The van der Waals surface area contributed by atoms with E-state index in [9.17, 15) is 18.4 Å². The van der Waals surface area contributed by atoms with Gasteiger partial charge in [0, 0.05) is 12.6 Å². The van der Waals surface area contributed by atoms with Crippen LogP contribution in [-0.4, -0.2) is 18.5 Å². The molecule has 1 aliphatic rings. The molecule has 0 saturated carbocycles. The molecule has 4 nitrogen and oxygen atoms in total. The van der Waals surface area contributed by atoms with Crippen LogP contribution in [0.3, 0.4) is 0 Å². The van der Waals surface area contributed by atoms with Crippen LogP contribution in [0.1, 0.15) is 6.92 Å². The van der Waals surface area contributed by atoms with Gasteiger partial charge in [0.05, 0.1) is 11.6 Å². The van der Waals surface area contributed by atoms with E-state index in [1.165, 1.54) is 0 Å². The number of rotatable bonds is 1. The van der Waals surface area contributed by atoms with Gasteiger partial charge in [-0.15, -0.1) is 0 Å². The zero-order chi connectivity index (χ0) is 12.6. The van der Waals surface area contributed by atoms with Gasteiger partial charge in [0.2, 0.25) is 5.91 Å². The Balaban J connectivity index is 2.36. The van der Waals surface area contributed by atoms with Crippen molar-refractivity contribution in [3.05, 3.63) is 29.8 Å². The summed E-state index contributed by atoms with van der Waals surface area (Å²) in [4.78, 5) is 23.7. The molecule has 1 aliphatic heterocycles. The van der Waals surface area contributed by atoms with Crippen LogP contribution in [-0.2, 0) is 4.79 Å². The van der Waals surface area contributed by atoms with Crippen LogP contribution >= 0.6 is 0 Å². The number of nitrogens with zero attached hydrogens (tertiary/aromatic N) is 1. The summed E-state index contributed by atoms with van der Waals surface area (Å²) < 4.78 is 26.5. The Morgan fingerprint density at radius 1 is 1.35 bits per heavy atom. The van der Waals surface area contributed by atoms with Gasteiger partial charge in [-0.1, -0.05) is 6.92 Å². The van der Waals surface area contributed by atoms with Crippen LogP contribution in [0, 0.1) is 17.6 Å². The third kappa shape index (κ3) is 2.11. The van der Waals surface area contributed by atoms with Crippen molar-refractivity contribution >= 4 is 17.6 Å². The Morgan fingerprint density at radius 3 is 2.76 bits per heavy atom. The Morgan fingerprint density at radius 2 is 2.06 bits per heavy atom. The van der Waals surface area contributed by atoms with E-state index < -0.39 is 29.5 Å². The third-order valence-corrected chi connectivity index (χ3v) is 2.58. The predicted molar refractivity (Wildman–Crippen MR) is 56.4 cm³/mol. The van der Waals surface area contributed by atoms with Crippen LogP contribution < -0.4 is 10.2 Å². The number of hydrogen-bond acceptors (Lipinski definition) is 2. The topological polar surface area (TPSA) is 49.4 Å². The van der Waals surface area contributed by atoms with Crippen molar-refractivity contribution in [3.8, 4) is 0 Å². The van der Waals surface area contributed by atoms with E-state index in [1.54, 1.807) is 6.92 Å². The number of urea groups is 1. The lowest BCUT2D eigenvalue weighted by Crippen LogP contribution is -2.54. The standard InChI is InChI=1S/C11H10F2N2O2/c1-6-5-15(11(17)14-10(6)16)9-4-7(12)2-3-8(9)13/h2-4,6H,5H2,1H3,(H,14,16,17). The highest BCUT2D eigenvalue weighted by Gasteiger charge is 2.31. The van der Waals surface area contributed by atoms with Crippen molar-refractivity contribution in [1.82, 2.24) is 5.32 Å². The maximum absolute atomic E-state index is 13.5. The highest BCUT2D eigenvalue weighted by molar-refractivity contribution is 6.06. The lowest BCUT2D eigenvalue weighted by atomic mass is 10.1. The lowest BCUT2D eigenvalue weighted by Gasteiger charge is -2.30. The number of imide groups is 1. The normalized spacial score (nSPS) is 20.4. The summed E-state index contributed by atoms with van der Waals surface area (Å²) in [7, 11) is 0. The first-order chi connectivity index (χ1) is 7.99. The van der Waals surface area contributed by atoms with E-state index in [0.717, 1.165) is 23.1 Å². The molecule has 1 N–H and O–H groups in total. The van der Waals surface area contributed by atoms with E-state index in [0.29, 0.717) is 0 Å². The second-order valence-corrected chi connectivity index (χ2v) is 3.90. The molecule has 90 valence electrons. The maximum atomic E-state index is 13.5. The maximum Gasteiger partial charge on any atom is 0.328 e. The monoisotopic (exact) mass is 240 g/mol. The van der Waals surface area contributed by atoms with E-state index >= 15 is 0 Å². The molecule has 0 aromatic heterocycles. The van der Waals surface area contributed by atoms with Gasteiger partial charge in [0.25, 0.3) is 0 Å². The van der Waals surface area contributed by atoms with Crippen LogP contribution in [0.5, 0.6) is 0 Å². The molecule has 1 atom stereocenters. The molecule has 17 heavy (non-hydrogen) atoms. The Hall–Kier alpha value is -1.98. The van der Waals surface area contributed by atoms with Gasteiger partial charge >= 0.3 is 6.03 Å². The minimum Gasteiger partial charge on any atom is -0.290 e. The fourth-order valence-corrected chi connectivity index (χ4v) is 1.64. The predicted octanol–water partition coefficient (Wildman–Crippen LogP) is 1.66. The first kappa shape index (κ1) is 11.5. The molecular formula is C11H10F2N2O2. The van der Waals surface area contributed by atoms with Gasteiger partial charge in [-0.2, -0.15) is 0 Å². The summed E-state index contributed by atoms with van der Waals surface area (Å²) in [6.07, 6.45) is 0. The molecule has 6 heteroatoms. The molecule has 0 spiro atoms. The van der Waals surface area contributed by atoms with Gasteiger partial charge < -0.3 is 0 Å². The first-order valence-electron chi connectivity index (χ1n) is 5.06. The summed E-state index contributed by atoms with van der Waals surface area (Å²) in [6.45, 7) is 1.64. The number of halogens is 2. The van der Waals surface area contributed by atoms with Crippen LogP contribution in [0.4, 0.5) is 19.3 Å². The van der Waals surface area contributed by atoms with E-state index in [1.807, 2.05) is 0 Å². The average Bonchev–Trinajstić information content (AvgIpc) is 2.27. The highest BCUT2D eigenvalue weighted by atomic mass is 19.1. The molecule has 2 rings (SSSR count). The smallest absolute Gasteiger partial charge is 0.290 e. The fraction of sp³-hybridized carbons (Fsp3) is 0.273. The molecule has 1 unspecified atom stereocenters. The van der Waals surface area contributed by atoms with E-state index in [4.69, 9.17) is 0 Å². The van der Waals surface area contributed by atoms with E-state index in [2.05, 4.69) is 5.32 Å². The highest BCUT2D eigenvalue weighted by Crippen LogP contribution is 2.23. The zero-order valence-corrected chi connectivity index (χ0v) is 9.04. The van der Waals surface area contributed by atoms with E-state index in [-0.39, 0.29) is 12.2 Å². The molecule has 0 bridgehead atoms. The summed E-state index contributed by atoms with van der Waals surface area (Å²) in [5.74, 6) is -2.22. The number of anilines is 1. The summed E-state index contributed by atoms with van der Waals surface area (Å²) in [5, 5.41) is 2.08. The second kappa shape index (κ2) is 4.12. The molecule has 3 amide bonds.